The Labute approximate surface area is 180 Å². The Morgan fingerprint density at radius 3 is 2.90 bits per heavy atom. The van der Waals surface area contributed by atoms with Crippen molar-refractivity contribution >= 4 is 28.4 Å². The topological polar surface area (TPSA) is 44.1 Å². The highest BCUT2D eigenvalue weighted by molar-refractivity contribution is 6.30. The molecular weight excluding hydrogens is 403 g/mol. The van der Waals surface area contributed by atoms with Crippen molar-refractivity contribution in [3.63, 3.8) is 0 Å². The maximum Gasteiger partial charge on any atom is 0.188 e. The van der Waals surface area contributed by atoms with Gasteiger partial charge in [-0.1, -0.05) is 23.7 Å². The zero-order valence-electron chi connectivity index (χ0n) is 17.0. The highest BCUT2D eigenvalue weighted by atomic mass is 35.5. The number of allylic oxidation sites excluding steroid dienone is 1. The molecule has 2 aromatic carbocycles. The quantitative estimate of drug-likeness (QED) is 0.334. The van der Waals surface area contributed by atoms with E-state index < -0.39 is 5.82 Å². The lowest BCUT2D eigenvalue weighted by Crippen LogP contribution is -2.15. The van der Waals surface area contributed by atoms with E-state index in [-0.39, 0.29) is 18.8 Å². The van der Waals surface area contributed by atoms with Gasteiger partial charge in [-0.25, -0.2) is 9.37 Å². The van der Waals surface area contributed by atoms with Gasteiger partial charge in [0.15, 0.2) is 11.6 Å². The van der Waals surface area contributed by atoms with E-state index in [4.69, 9.17) is 16.3 Å². The fourth-order valence-electron chi connectivity index (χ4n) is 3.65. The molecule has 4 nitrogen and oxygen atoms in total. The fourth-order valence-corrected chi connectivity index (χ4v) is 3.88. The Morgan fingerprint density at radius 2 is 2.20 bits per heavy atom. The van der Waals surface area contributed by atoms with Crippen LogP contribution in [0.4, 0.5) is 4.39 Å². The number of ketones is 1. The molecule has 1 aliphatic rings. The van der Waals surface area contributed by atoms with Crippen LogP contribution in [0.15, 0.2) is 43.2 Å². The van der Waals surface area contributed by atoms with Crippen molar-refractivity contribution in [1.29, 1.82) is 0 Å². The first-order valence-electron chi connectivity index (χ1n) is 10.1. The van der Waals surface area contributed by atoms with E-state index in [0.29, 0.717) is 46.3 Å². The summed E-state index contributed by atoms with van der Waals surface area (Å²) in [6.07, 6.45) is 5.85. The average molecular weight is 427 g/mol. The molecule has 30 heavy (non-hydrogen) atoms. The number of carbonyl (C=O) groups excluding carboxylic acids is 1. The number of nitrogens with zero attached hydrogens (tertiary/aromatic N) is 2. The molecule has 0 N–H and O–H groups in total. The molecule has 3 aromatic rings. The maximum absolute atomic E-state index is 15.7. The van der Waals surface area contributed by atoms with Crippen LogP contribution in [0.3, 0.4) is 0 Å². The molecule has 0 spiro atoms. The van der Waals surface area contributed by atoms with Crippen molar-refractivity contribution in [2.24, 2.45) is 5.92 Å². The summed E-state index contributed by atoms with van der Waals surface area (Å²) in [5.41, 5.74) is 3.39. The van der Waals surface area contributed by atoms with Gasteiger partial charge in [0.1, 0.15) is 12.1 Å². The minimum Gasteiger partial charge on any atom is -0.373 e. The third-order valence-electron chi connectivity index (χ3n) is 5.53. The zero-order valence-corrected chi connectivity index (χ0v) is 17.7. The van der Waals surface area contributed by atoms with Crippen LogP contribution in [0.5, 0.6) is 0 Å². The minimum absolute atomic E-state index is 0.0542. The van der Waals surface area contributed by atoms with Gasteiger partial charge in [-0.15, -0.1) is 6.58 Å². The Hall–Kier alpha value is -2.50. The summed E-state index contributed by atoms with van der Waals surface area (Å²) in [6, 6.07) is 7.18. The smallest absolute Gasteiger partial charge is 0.188 e. The van der Waals surface area contributed by atoms with Crippen LogP contribution in [0.2, 0.25) is 5.02 Å². The molecule has 1 aliphatic carbocycles. The van der Waals surface area contributed by atoms with E-state index in [1.54, 1.807) is 29.1 Å². The molecule has 0 bridgehead atoms. The van der Waals surface area contributed by atoms with Crippen LogP contribution in [-0.4, -0.2) is 28.5 Å². The lowest BCUT2D eigenvalue weighted by atomic mass is 9.94. The summed E-state index contributed by atoms with van der Waals surface area (Å²) < 4.78 is 23.0. The van der Waals surface area contributed by atoms with Crippen molar-refractivity contribution in [3.05, 3.63) is 76.3 Å². The number of aromatic nitrogens is 2. The fraction of sp³-hybridized carbons (Fsp3) is 0.333. The predicted octanol–water partition coefficient (Wildman–Crippen LogP) is 5.52. The monoisotopic (exact) mass is 426 g/mol. The van der Waals surface area contributed by atoms with Crippen molar-refractivity contribution in [2.75, 3.05) is 13.2 Å². The number of fused-ring (bicyclic) bond motifs is 1. The maximum atomic E-state index is 15.7. The molecule has 0 atom stereocenters. The molecule has 0 unspecified atom stereocenters. The van der Waals surface area contributed by atoms with Crippen LogP contribution in [-0.2, 0) is 17.7 Å². The van der Waals surface area contributed by atoms with Crippen LogP contribution in [0, 0.1) is 18.7 Å². The molecule has 6 heteroatoms. The Balaban J connectivity index is 1.76. The van der Waals surface area contributed by atoms with Crippen LogP contribution in [0.25, 0.3) is 11.0 Å². The largest absolute Gasteiger partial charge is 0.373 e. The van der Waals surface area contributed by atoms with Crippen LogP contribution >= 0.6 is 11.6 Å². The highest BCUT2D eigenvalue weighted by Crippen LogP contribution is 2.30. The second-order valence-electron chi connectivity index (χ2n) is 7.90. The van der Waals surface area contributed by atoms with Gasteiger partial charge in [0.2, 0.25) is 0 Å². The number of halogens is 2. The van der Waals surface area contributed by atoms with E-state index in [9.17, 15) is 4.79 Å². The van der Waals surface area contributed by atoms with Gasteiger partial charge in [-0.3, -0.25) is 4.79 Å². The first kappa shape index (κ1) is 20.8. The standard InChI is InChI=1S/C24H24ClFN2O2/c1-3-8-28-14-27-21-11-19(22(29)13-30-12-16-4-5-16)20(23(26)24(21)28)10-17-6-7-18(25)9-15(17)2/h3,6-7,9,11,14,16H,1,4-5,8,10,12-13H2,2H3. The molecule has 1 saturated carbocycles. The first-order valence-corrected chi connectivity index (χ1v) is 10.5. The molecule has 0 saturated heterocycles. The second kappa shape index (κ2) is 8.70. The van der Waals surface area contributed by atoms with Gasteiger partial charge >= 0.3 is 0 Å². The number of carbonyl (C=O) groups is 1. The van der Waals surface area contributed by atoms with Gasteiger partial charge in [-0.2, -0.15) is 0 Å². The van der Waals surface area contributed by atoms with Gasteiger partial charge < -0.3 is 9.30 Å². The SMILES string of the molecule is C=CCn1cnc2cc(C(=O)COCC3CC3)c(Cc3ccc(Cl)cc3C)c(F)c21. The summed E-state index contributed by atoms with van der Waals surface area (Å²) in [4.78, 5) is 17.3. The van der Waals surface area contributed by atoms with Gasteiger partial charge in [-0.05, 0) is 55.0 Å². The van der Waals surface area contributed by atoms with Crippen LogP contribution < -0.4 is 0 Å². The number of aryl methyl sites for hydroxylation is 1. The summed E-state index contributed by atoms with van der Waals surface area (Å²) in [5, 5.41) is 0.626. The van der Waals surface area contributed by atoms with E-state index in [1.165, 1.54) is 0 Å². The predicted molar refractivity (Wildman–Crippen MR) is 117 cm³/mol. The Kier molecular flexibility index (Phi) is 6.02. The van der Waals surface area contributed by atoms with E-state index in [1.807, 2.05) is 19.1 Å². The summed E-state index contributed by atoms with van der Waals surface area (Å²) >= 11 is 6.07. The third kappa shape index (κ3) is 4.32. The zero-order chi connectivity index (χ0) is 21.3. The Bertz CT molecular complexity index is 1120. The van der Waals surface area contributed by atoms with E-state index in [2.05, 4.69) is 11.6 Å². The third-order valence-corrected chi connectivity index (χ3v) is 5.76. The minimum atomic E-state index is -0.424. The molecule has 0 amide bonds. The summed E-state index contributed by atoms with van der Waals surface area (Å²) in [5.74, 6) is -0.0918. The lowest BCUT2D eigenvalue weighted by molar-refractivity contribution is 0.0738. The van der Waals surface area contributed by atoms with Gasteiger partial charge in [0.25, 0.3) is 0 Å². The van der Waals surface area contributed by atoms with Gasteiger partial charge in [0, 0.05) is 29.1 Å². The molecule has 0 aliphatic heterocycles. The summed E-state index contributed by atoms with van der Waals surface area (Å²) in [6.45, 7) is 6.62. The van der Waals surface area contributed by atoms with Crippen LogP contribution in [0.1, 0.15) is 39.9 Å². The highest BCUT2D eigenvalue weighted by Gasteiger charge is 2.24. The second-order valence-corrected chi connectivity index (χ2v) is 8.34. The molecule has 1 fully saturated rings. The van der Waals surface area contributed by atoms with Crippen molar-refractivity contribution in [3.8, 4) is 0 Å². The molecular formula is C24H24ClFN2O2. The first-order chi connectivity index (χ1) is 14.5. The van der Waals surface area contributed by atoms with Gasteiger partial charge in [0.05, 0.1) is 18.5 Å². The average Bonchev–Trinajstić information content (AvgIpc) is 3.45. The van der Waals surface area contributed by atoms with Crippen molar-refractivity contribution in [1.82, 2.24) is 9.55 Å². The van der Waals surface area contributed by atoms with E-state index in [0.717, 1.165) is 24.0 Å². The number of imidazole rings is 1. The normalized spacial score (nSPS) is 13.7. The van der Waals surface area contributed by atoms with E-state index >= 15 is 4.39 Å². The summed E-state index contributed by atoms with van der Waals surface area (Å²) in [7, 11) is 0. The number of hydrogen-bond acceptors (Lipinski definition) is 3. The lowest BCUT2D eigenvalue weighted by Gasteiger charge is -2.14. The number of benzene rings is 2. The molecule has 1 heterocycles. The molecule has 156 valence electrons. The van der Waals surface area contributed by atoms with Crippen molar-refractivity contribution < 1.29 is 13.9 Å². The number of rotatable bonds is 9. The Morgan fingerprint density at radius 1 is 1.40 bits per heavy atom. The number of hydrogen-bond donors (Lipinski definition) is 0. The number of Topliss-reactive ketones (excluding diaryl/α,β-unsaturated/α-hetero) is 1. The van der Waals surface area contributed by atoms with Crippen molar-refractivity contribution in [2.45, 2.75) is 32.7 Å². The number of ether oxygens (including phenoxy) is 1. The molecule has 0 radical (unpaired) electrons. The molecule has 1 aromatic heterocycles. The molecule has 4 rings (SSSR count).